The Bertz CT molecular complexity index is 820. The molecule has 3 aromatic rings. The number of carboxylic acids is 1. The molecule has 0 spiro atoms. The molecule has 1 N–H and O–H groups in total. The van der Waals surface area contributed by atoms with E-state index < -0.39 is 5.97 Å². The molecule has 0 atom stereocenters. The Morgan fingerprint density at radius 3 is 2.00 bits per heavy atom. The van der Waals surface area contributed by atoms with E-state index >= 15 is 0 Å². The van der Waals surface area contributed by atoms with Crippen LogP contribution in [0.1, 0.15) is 39.0 Å². The van der Waals surface area contributed by atoms with E-state index in [1.54, 1.807) is 12.1 Å². The van der Waals surface area contributed by atoms with E-state index in [1.807, 2.05) is 18.2 Å². The maximum Gasteiger partial charge on any atom is 0.335 e. The van der Waals surface area contributed by atoms with Gasteiger partial charge in [0.2, 0.25) is 0 Å². The minimum atomic E-state index is -0.874. The van der Waals surface area contributed by atoms with E-state index in [4.69, 9.17) is 5.11 Å². The standard InChI is InChI=1S/C23H22O2/c24-23(25)21-15-13-18(14-16-21)9-6-12-20-10-4-5-11-22(20)17-19-7-2-1-3-8-19/h1-5,7-8,10-11,13-16H,6,9,12,17H2,(H,24,25). The molecule has 2 heteroatoms. The fraction of sp³-hybridized carbons (Fsp3) is 0.174. The van der Waals surface area contributed by atoms with Crippen molar-refractivity contribution in [2.24, 2.45) is 0 Å². The smallest absolute Gasteiger partial charge is 0.335 e. The van der Waals surface area contributed by atoms with Crippen LogP contribution >= 0.6 is 0 Å². The summed E-state index contributed by atoms with van der Waals surface area (Å²) in [5.74, 6) is -0.874. The van der Waals surface area contributed by atoms with E-state index in [0.29, 0.717) is 5.56 Å². The first-order valence-corrected chi connectivity index (χ1v) is 8.65. The Hall–Kier alpha value is -2.87. The average Bonchev–Trinajstić information content (AvgIpc) is 2.64. The lowest BCUT2D eigenvalue weighted by atomic mass is 9.95. The lowest BCUT2D eigenvalue weighted by Crippen LogP contribution is -1.98. The molecule has 2 nitrogen and oxygen atoms in total. The number of benzene rings is 3. The number of hydrogen-bond acceptors (Lipinski definition) is 1. The Balaban J connectivity index is 1.60. The van der Waals surface area contributed by atoms with E-state index in [0.717, 1.165) is 25.7 Å². The predicted octanol–water partition coefficient (Wildman–Crippen LogP) is 5.15. The number of carbonyl (C=O) groups is 1. The van der Waals surface area contributed by atoms with Gasteiger partial charge in [0.1, 0.15) is 0 Å². The molecule has 0 fully saturated rings. The van der Waals surface area contributed by atoms with Crippen LogP contribution in [0.4, 0.5) is 0 Å². The van der Waals surface area contributed by atoms with Crippen LogP contribution in [-0.2, 0) is 19.3 Å². The zero-order valence-corrected chi connectivity index (χ0v) is 14.2. The summed E-state index contributed by atoms with van der Waals surface area (Å²) in [5, 5.41) is 8.95. The molecule has 0 saturated carbocycles. The van der Waals surface area contributed by atoms with Gasteiger partial charge in [-0.2, -0.15) is 0 Å². The normalized spacial score (nSPS) is 10.6. The summed E-state index contributed by atoms with van der Waals surface area (Å²) >= 11 is 0. The number of carboxylic acid groups (broad SMARTS) is 1. The first-order chi connectivity index (χ1) is 12.2. The van der Waals surface area contributed by atoms with Gasteiger partial charge in [-0.25, -0.2) is 4.79 Å². The molecular weight excluding hydrogens is 308 g/mol. The number of aromatic carboxylic acids is 1. The first kappa shape index (κ1) is 17.0. The highest BCUT2D eigenvalue weighted by molar-refractivity contribution is 5.87. The highest BCUT2D eigenvalue weighted by atomic mass is 16.4. The maximum absolute atomic E-state index is 10.9. The van der Waals surface area contributed by atoms with Gasteiger partial charge in [0, 0.05) is 0 Å². The van der Waals surface area contributed by atoms with E-state index in [2.05, 4.69) is 48.5 Å². The van der Waals surface area contributed by atoms with Gasteiger partial charge in [-0.15, -0.1) is 0 Å². The minimum absolute atomic E-state index is 0.344. The van der Waals surface area contributed by atoms with Gasteiger partial charge in [-0.3, -0.25) is 0 Å². The van der Waals surface area contributed by atoms with Crippen molar-refractivity contribution in [3.8, 4) is 0 Å². The van der Waals surface area contributed by atoms with E-state index in [-0.39, 0.29) is 0 Å². The van der Waals surface area contributed by atoms with Crippen LogP contribution in [-0.4, -0.2) is 11.1 Å². The molecule has 0 aliphatic rings. The molecule has 0 amide bonds. The molecular formula is C23H22O2. The lowest BCUT2D eigenvalue weighted by Gasteiger charge is -2.10. The van der Waals surface area contributed by atoms with Crippen LogP contribution < -0.4 is 0 Å². The monoisotopic (exact) mass is 330 g/mol. The van der Waals surface area contributed by atoms with Crippen molar-refractivity contribution in [2.45, 2.75) is 25.7 Å². The fourth-order valence-corrected chi connectivity index (χ4v) is 3.09. The third kappa shape index (κ3) is 4.80. The molecule has 0 aliphatic heterocycles. The Morgan fingerprint density at radius 2 is 1.32 bits per heavy atom. The molecule has 0 aromatic heterocycles. The molecule has 3 aromatic carbocycles. The van der Waals surface area contributed by atoms with Gasteiger partial charge in [0.15, 0.2) is 0 Å². The van der Waals surface area contributed by atoms with Crippen molar-refractivity contribution < 1.29 is 9.90 Å². The van der Waals surface area contributed by atoms with Gasteiger partial charge in [0.25, 0.3) is 0 Å². The summed E-state index contributed by atoms with van der Waals surface area (Å²) in [4.78, 5) is 10.9. The molecule has 0 aliphatic carbocycles. The predicted molar refractivity (Wildman–Crippen MR) is 101 cm³/mol. The summed E-state index contributed by atoms with van der Waals surface area (Å²) in [7, 11) is 0. The summed E-state index contributed by atoms with van der Waals surface area (Å²) < 4.78 is 0. The van der Waals surface area contributed by atoms with Crippen molar-refractivity contribution >= 4 is 5.97 Å². The molecule has 25 heavy (non-hydrogen) atoms. The topological polar surface area (TPSA) is 37.3 Å². The quantitative estimate of drug-likeness (QED) is 0.650. The second-order valence-corrected chi connectivity index (χ2v) is 6.29. The van der Waals surface area contributed by atoms with Crippen molar-refractivity contribution in [3.05, 3.63) is 107 Å². The van der Waals surface area contributed by atoms with Crippen molar-refractivity contribution in [2.75, 3.05) is 0 Å². The molecule has 0 heterocycles. The Labute approximate surface area is 148 Å². The second kappa shape index (κ2) is 8.29. The molecule has 0 saturated heterocycles. The average molecular weight is 330 g/mol. The maximum atomic E-state index is 10.9. The van der Waals surface area contributed by atoms with E-state index in [1.165, 1.54) is 22.3 Å². The van der Waals surface area contributed by atoms with Crippen LogP contribution in [0, 0.1) is 0 Å². The van der Waals surface area contributed by atoms with Gasteiger partial charge in [-0.05, 0) is 60.1 Å². The lowest BCUT2D eigenvalue weighted by molar-refractivity contribution is 0.0697. The van der Waals surface area contributed by atoms with Gasteiger partial charge < -0.3 is 5.11 Å². The SMILES string of the molecule is O=C(O)c1ccc(CCCc2ccccc2Cc2ccccc2)cc1. The highest BCUT2D eigenvalue weighted by Crippen LogP contribution is 2.17. The van der Waals surface area contributed by atoms with Gasteiger partial charge in [-0.1, -0.05) is 66.7 Å². The highest BCUT2D eigenvalue weighted by Gasteiger charge is 2.05. The zero-order chi connectivity index (χ0) is 17.5. The summed E-state index contributed by atoms with van der Waals surface area (Å²) in [6.45, 7) is 0. The van der Waals surface area contributed by atoms with Crippen LogP contribution in [0.2, 0.25) is 0 Å². The summed E-state index contributed by atoms with van der Waals surface area (Å²) in [5.41, 5.74) is 5.64. The van der Waals surface area contributed by atoms with Crippen LogP contribution in [0.25, 0.3) is 0 Å². The Morgan fingerprint density at radius 1 is 0.680 bits per heavy atom. The Kier molecular flexibility index (Phi) is 5.63. The molecule has 0 bridgehead atoms. The van der Waals surface area contributed by atoms with Crippen LogP contribution in [0.3, 0.4) is 0 Å². The number of hydrogen-bond donors (Lipinski definition) is 1. The third-order valence-corrected chi connectivity index (χ3v) is 4.47. The molecule has 126 valence electrons. The first-order valence-electron chi connectivity index (χ1n) is 8.65. The van der Waals surface area contributed by atoms with Crippen molar-refractivity contribution in [1.82, 2.24) is 0 Å². The molecule has 0 unspecified atom stereocenters. The fourth-order valence-electron chi connectivity index (χ4n) is 3.09. The van der Waals surface area contributed by atoms with E-state index in [9.17, 15) is 4.79 Å². The second-order valence-electron chi connectivity index (χ2n) is 6.29. The summed E-state index contributed by atoms with van der Waals surface area (Å²) in [6, 6.07) is 26.4. The van der Waals surface area contributed by atoms with Gasteiger partial charge >= 0.3 is 5.97 Å². The summed E-state index contributed by atoms with van der Waals surface area (Å²) in [6.07, 6.45) is 4.01. The van der Waals surface area contributed by atoms with Crippen LogP contribution in [0.5, 0.6) is 0 Å². The van der Waals surface area contributed by atoms with Gasteiger partial charge in [0.05, 0.1) is 5.56 Å². The van der Waals surface area contributed by atoms with Crippen molar-refractivity contribution in [3.63, 3.8) is 0 Å². The van der Waals surface area contributed by atoms with Crippen molar-refractivity contribution in [1.29, 1.82) is 0 Å². The number of aryl methyl sites for hydroxylation is 2. The number of rotatable bonds is 7. The molecule has 3 rings (SSSR count). The minimum Gasteiger partial charge on any atom is -0.478 e. The third-order valence-electron chi connectivity index (χ3n) is 4.47. The zero-order valence-electron chi connectivity index (χ0n) is 14.2. The molecule has 0 radical (unpaired) electrons. The largest absolute Gasteiger partial charge is 0.478 e. The van der Waals surface area contributed by atoms with Crippen LogP contribution in [0.15, 0.2) is 78.9 Å².